The van der Waals surface area contributed by atoms with Crippen molar-refractivity contribution in [3.8, 4) is 83.6 Å². The van der Waals surface area contributed by atoms with Crippen LogP contribution in [0.15, 0.2) is 265 Å². The van der Waals surface area contributed by atoms with E-state index >= 15 is 0 Å². The zero-order chi connectivity index (χ0) is 45.0. The molecule has 13 rings (SSSR count). The molecule has 0 aliphatic carbocycles. The number of aromatic nitrogens is 1. The molecule has 0 aliphatic heterocycles. The minimum absolute atomic E-state index is 0.905. The molecule has 13 aromatic rings. The smallest absolute Gasteiger partial charge is 0.135 e. The lowest BCUT2D eigenvalue weighted by atomic mass is 9.80. The van der Waals surface area contributed by atoms with E-state index in [1.165, 1.54) is 77.5 Å². The Labute approximate surface area is 395 Å². The number of hydrogen-bond donors (Lipinski definition) is 0. The van der Waals surface area contributed by atoms with Crippen molar-refractivity contribution >= 4 is 43.7 Å². The number of fused-ring (bicyclic) bond motifs is 6. The molecule has 11 aromatic carbocycles. The number of benzene rings is 11. The molecule has 2 heterocycles. The van der Waals surface area contributed by atoms with Gasteiger partial charge in [-0.3, -0.25) is 0 Å². The Morgan fingerprint density at radius 1 is 0.250 bits per heavy atom. The summed E-state index contributed by atoms with van der Waals surface area (Å²) in [5.41, 5.74) is 21.8. The van der Waals surface area contributed by atoms with Crippen molar-refractivity contribution in [3.05, 3.63) is 261 Å². The standard InChI is InChI=1S/C66H43NO/c1-6-20-44(21-7-1)61-62(45-22-8-2-9-23-45)64(47-26-12-4-13-27-47)66-65(63(61)46-24-10-3-11-25-46)57-43-52(36-38-58(57)67(66)54-32-14-5-15-33-54)50-30-18-28-48(40-50)49-29-19-31-51(41-49)53-37-39-60-56(42-53)55-34-16-17-35-59(55)68-60/h1-43H. The summed E-state index contributed by atoms with van der Waals surface area (Å²) in [6.45, 7) is 0. The average molecular weight is 866 g/mol. The maximum atomic E-state index is 6.17. The molecule has 0 atom stereocenters. The lowest BCUT2D eigenvalue weighted by Gasteiger charge is -2.24. The first-order chi connectivity index (χ1) is 33.7. The van der Waals surface area contributed by atoms with Crippen LogP contribution in [0.3, 0.4) is 0 Å². The minimum atomic E-state index is 0.905. The number of hydrogen-bond acceptors (Lipinski definition) is 1. The lowest BCUT2D eigenvalue weighted by molar-refractivity contribution is 0.669. The fourth-order valence-electron chi connectivity index (χ4n) is 10.5. The van der Waals surface area contributed by atoms with Gasteiger partial charge >= 0.3 is 0 Å². The highest BCUT2D eigenvalue weighted by atomic mass is 16.3. The molecule has 0 spiro atoms. The van der Waals surface area contributed by atoms with Crippen LogP contribution in [0.2, 0.25) is 0 Å². The molecule has 0 N–H and O–H groups in total. The van der Waals surface area contributed by atoms with Gasteiger partial charge in [0, 0.05) is 43.9 Å². The third kappa shape index (κ3) is 6.65. The quantitative estimate of drug-likeness (QED) is 0.149. The fourth-order valence-corrected chi connectivity index (χ4v) is 10.5. The molecule has 0 amide bonds. The van der Waals surface area contributed by atoms with Crippen LogP contribution in [0.1, 0.15) is 0 Å². The van der Waals surface area contributed by atoms with Gasteiger partial charge in [0.15, 0.2) is 0 Å². The van der Waals surface area contributed by atoms with Crippen LogP contribution in [0.4, 0.5) is 0 Å². The molecule has 2 nitrogen and oxygen atoms in total. The SMILES string of the molecule is c1ccc(-c2c(-c3ccccc3)c(-c3ccccc3)c3c(c2-c2ccccc2)c2cc(-c4cccc(-c5cccc(-c6ccc7oc8ccccc8c7c6)c5)c4)ccc2n3-c2ccccc2)cc1. The van der Waals surface area contributed by atoms with Crippen molar-refractivity contribution in [1.29, 1.82) is 0 Å². The summed E-state index contributed by atoms with van der Waals surface area (Å²) in [7, 11) is 0. The first kappa shape index (κ1) is 39.4. The van der Waals surface area contributed by atoms with E-state index in [0.29, 0.717) is 0 Å². The van der Waals surface area contributed by atoms with Gasteiger partial charge in [0.2, 0.25) is 0 Å². The van der Waals surface area contributed by atoms with Crippen LogP contribution in [0.25, 0.3) is 127 Å². The molecule has 318 valence electrons. The zero-order valence-corrected chi connectivity index (χ0v) is 37.2. The van der Waals surface area contributed by atoms with Crippen LogP contribution in [-0.4, -0.2) is 4.57 Å². The summed E-state index contributed by atoms with van der Waals surface area (Å²) in [4.78, 5) is 0. The van der Waals surface area contributed by atoms with Crippen molar-refractivity contribution in [3.63, 3.8) is 0 Å². The fraction of sp³-hybridized carbons (Fsp3) is 0. The second kappa shape index (κ2) is 16.5. The van der Waals surface area contributed by atoms with Gasteiger partial charge in [0.25, 0.3) is 0 Å². The molecule has 0 aliphatic rings. The number of rotatable bonds is 8. The van der Waals surface area contributed by atoms with Gasteiger partial charge < -0.3 is 8.98 Å². The Morgan fingerprint density at radius 2 is 0.647 bits per heavy atom. The first-order valence-corrected chi connectivity index (χ1v) is 23.3. The maximum absolute atomic E-state index is 6.17. The van der Waals surface area contributed by atoms with E-state index < -0.39 is 0 Å². The zero-order valence-electron chi connectivity index (χ0n) is 37.2. The van der Waals surface area contributed by atoms with Crippen molar-refractivity contribution in [2.24, 2.45) is 0 Å². The molecule has 0 radical (unpaired) electrons. The van der Waals surface area contributed by atoms with E-state index in [4.69, 9.17) is 4.42 Å². The molecular formula is C66H43NO. The molecular weight excluding hydrogens is 823 g/mol. The Balaban J connectivity index is 1.08. The number of furan rings is 1. The van der Waals surface area contributed by atoms with E-state index in [0.717, 1.165) is 49.8 Å². The summed E-state index contributed by atoms with van der Waals surface area (Å²) < 4.78 is 8.68. The lowest BCUT2D eigenvalue weighted by Crippen LogP contribution is -2.00. The summed E-state index contributed by atoms with van der Waals surface area (Å²) in [6.07, 6.45) is 0. The van der Waals surface area contributed by atoms with Gasteiger partial charge in [0.05, 0.1) is 11.0 Å². The second-order valence-corrected chi connectivity index (χ2v) is 17.6. The summed E-state index contributed by atoms with van der Waals surface area (Å²) in [6, 6.07) is 94.7. The molecule has 0 unspecified atom stereocenters. The van der Waals surface area contributed by atoms with Crippen molar-refractivity contribution in [2.75, 3.05) is 0 Å². The van der Waals surface area contributed by atoms with E-state index in [9.17, 15) is 0 Å². The molecule has 2 aromatic heterocycles. The van der Waals surface area contributed by atoms with Crippen molar-refractivity contribution < 1.29 is 4.42 Å². The van der Waals surface area contributed by atoms with E-state index in [-0.39, 0.29) is 0 Å². The Kier molecular flexibility index (Phi) is 9.54. The highest BCUT2D eigenvalue weighted by Crippen LogP contribution is 2.54. The Morgan fingerprint density at radius 3 is 1.21 bits per heavy atom. The van der Waals surface area contributed by atoms with Gasteiger partial charge in [0.1, 0.15) is 11.2 Å². The molecule has 0 saturated carbocycles. The highest BCUT2D eigenvalue weighted by Gasteiger charge is 2.29. The normalized spacial score (nSPS) is 11.5. The largest absolute Gasteiger partial charge is 0.456 e. The second-order valence-electron chi connectivity index (χ2n) is 17.6. The van der Waals surface area contributed by atoms with E-state index in [1.807, 2.05) is 12.1 Å². The van der Waals surface area contributed by atoms with Crippen LogP contribution in [0, 0.1) is 0 Å². The van der Waals surface area contributed by atoms with Crippen LogP contribution in [0.5, 0.6) is 0 Å². The molecule has 2 heteroatoms. The summed E-state index contributed by atoms with van der Waals surface area (Å²) in [5, 5.41) is 4.69. The van der Waals surface area contributed by atoms with Crippen LogP contribution in [-0.2, 0) is 0 Å². The van der Waals surface area contributed by atoms with Gasteiger partial charge in [-0.1, -0.05) is 206 Å². The topological polar surface area (TPSA) is 18.1 Å². The number of para-hydroxylation sites is 2. The first-order valence-electron chi connectivity index (χ1n) is 23.3. The average Bonchev–Trinajstić information content (AvgIpc) is 3.97. The third-order valence-corrected chi connectivity index (χ3v) is 13.6. The number of nitrogens with zero attached hydrogens (tertiary/aromatic N) is 1. The van der Waals surface area contributed by atoms with Gasteiger partial charge in [-0.25, -0.2) is 0 Å². The van der Waals surface area contributed by atoms with Gasteiger partial charge in [-0.05, 0) is 116 Å². The van der Waals surface area contributed by atoms with Crippen LogP contribution >= 0.6 is 0 Å². The third-order valence-electron chi connectivity index (χ3n) is 13.6. The van der Waals surface area contributed by atoms with Crippen molar-refractivity contribution in [2.45, 2.75) is 0 Å². The Bertz CT molecular complexity index is 3980. The predicted octanol–water partition coefficient (Wildman–Crippen LogP) is 18.4. The maximum Gasteiger partial charge on any atom is 0.135 e. The van der Waals surface area contributed by atoms with Gasteiger partial charge in [-0.2, -0.15) is 0 Å². The summed E-state index contributed by atoms with van der Waals surface area (Å²) in [5.74, 6) is 0. The Hall–Kier alpha value is -8.98. The molecule has 0 fully saturated rings. The molecule has 0 bridgehead atoms. The highest BCUT2D eigenvalue weighted by molar-refractivity contribution is 6.27. The van der Waals surface area contributed by atoms with E-state index in [2.05, 4.69) is 253 Å². The molecule has 0 saturated heterocycles. The van der Waals surface area contributed by atoms with Gasteiger partial charge in [-0.15, -0.1) is 0 Å². The van der Waals surface area contributed by atoms with E-state index in [1.54, 1.807) is 0 Å². The van der Waals surface area contributed by atoms with Crippen LogP contribution < -0.4 is 0 Å². The minimum Gasteiger partial charge on any atom is -0.456 e. The van der Waals surface area contributed by atoms with Crippen molar-refractivity contribution in [1.82, 2.24) is 4.57 Å². The predicted molar refractivity (Wildman–Crippen MR) is 286 cm³/mol. The monoisotopic (exact) mass is 865 g/mol. The summed E-state index contributed by atoms with van der Waals surface area (Å²) >= 11 is 0. The molecule has 68 heavy (non-hydrogen) atoms.